The number of rotatable bonds is 5. The van der Waals surface area contributed by atoms with Crippen LogP contribution in [0.2, 0.25) is 5.02 Å². The van der Waals surface area contributed by atoms with Gasteiger partial charge in [-0.1, -0.05) is 31.5 Å². The van der Waals surface area contributed by atoms with Gasteiger partial charge in [0, 0.05) is 12.6 Å². The Kier molecular flexibility index (Phi) is 4.90. The number of primary amides is 1. The lowest BCUT2D eigenvalue weighted by molar-refractivity contribution is -0.119. The molecule has 3 N–H and O–H groups in total. The van der Waals surface area contributed by atoms with Gasteiger partial charge in [0.25, 0.3) is 0 Å². The lowest BCUT2D eigenvalue weighted by atomic mass is 9.98. The van der Waals surface area contributed by atoms with Crippen LogP contribution in [0.3, 0.4) is 0 Å². The minimum atomic E-state index is -0.552. The summed E-state index contributed by atoms with van der Waals surface area (Å²) in [4.78, 5) is 11.3. The first kappa shape index (κ1) is 13.9. The fourth-order valence-corrected chi connectivity index (χ4v) is 1.58. The van der Waals surface area contributed by atoms with Gasteiger partial charge >= 0.3 is 0 Å². The molecule has 0 aliphatic rings. The van der Waals surface area contributed by atoms with Crippen LogP contribution < -0.4 is 11.1 Å². The quantitative estimate of drug-likeness (QED) is 0.849. The van der Waals surface area contributed by atoms with Gasteiger partial charge in [0.05, 0.1) is 10.9 Å². The topological polar surface area (TPSA) is 55.1 Å². The third-order valence-electron chi connectivity index (χ3n) is 2.42. The molecule has 0 saturated heterocycles. The summed E-state index contributed by atoms with van der Waals surface area (Å²) in [6.07, 6.45) is 0. The summed E-state index contributed by atoms with van der Waals surface area (Å²) in [5, 5.41) is 3.14. The van der Waals surface area contributed by atoms with Gasteiger partial charge in [-0.2, -0.15) is 0 Å². The van der Waals surface area contributed by atoms with Gasteiger partial charge in [-0.25, -0.2) is 4.39 Å². The Morgan fingerprint density at radius 3 is 2.65 bits per heavy atom. The van der Waals surface area contributed by atoms with Crippen molar-refractivity contribution in [2.75, 3.05) is 6.54 Å². The second kappa shape index (κ2) is 5.98. The molecule has 0 radical (unpaired) electrons. The Morgan fingerprint density at radius 1 is 1.53 bits per heavy atom. The van der Waals surface area contributed by atoms with Crippen molar-refractivity contribution in [2.24, 2.45) is 5.73 Å². The van der Waals surface area contributed by atoms with Gasteiger partial charge in [-0.3, -0.25) is 4.79 Å². The minimum Gasteiger partial charge on any atom is -0.369 e. The third kappa shape index (κ3) is 3.98. The number of amides is 1. The highest BCUT2D eigenvalue weighted by molar-refractivity contribution is 6.30. The van der Waals surface area contributed by atoms with Crippen LogP contribution in [0.15, 0.2) is 18.2 Å². The summed E-state index contributed by atoms with van der Waals surface area (Å²) >= 11 is 5.59. The van der Waals surface area contributed by atoms with Gasteiger partial charge in [-0.15, -0.1) is 0 Å². The van der Waals surface area contributed by atoms with E-state index in [-0.39, 0.29) is 11.1 Å². The molecule has 0 aliphatic carbocycles. The molecule has 1 rings (SSSR count). The summed E-state index contributed by atoms with van der Waals surface area (Å²) in [6, 6.07) is 4.52. The zero-order valence-corrected chi connectivity index (χ0v) is 10.6. The van der Waals surface area contributed by atoms with Gasteiger partial charge in [-0.05, 0) is 17.7 Å². The molecule has 1 atom stereocenters. The minimum absolute atomic E-state index is 0.0359. The van der Waals surface area contributed by atoms with Gasteiger partial charge in [0.1, 0.15) is 5.82 Å². The van der Waals surface area contributed by atoms with E-state index in [1.54, 1.807) is 6.07 Å². The number of halogens is 2. The van der Waals surface area contributed by atoms with Gasteiger partial charge in [0.2, 0.25) is 5.91 Å². The van der Waals surface area contributed by atoms with Crippen LogP contribution in [-0.2, 0) is 4.79 Å². The largest absolute Gasteiger partial charge is 0.369 e. The molecular weight excluding hydrogens is 243 g/mol. The molecule has 1 aromatic carbocycles. The maximum absolute atomic E-state index is 13.3. The maximum Gasteiger partial charge on any atom is 0.226 e. The van der Waals surface area contributed by atoms with Crippen molar-refractivity contribution in [3.63, 3.8) is 0 Å². The molecule has 0 aliphatic heterocycles. The fourth-order valence-electron chi connectivity index (χ4n) is 1.47. The van der Waals surface area contributed by atoms with Gasteiger partial charge in [0.15, 0.2) is 0 Å². The number of benzene rings is 1. The van der Waals surface area contributed by atoms with Crippen LogP contribution >= 0.6 is 11.6 Å². The van der Waals surface area contributed by atoms with E-state index in [2.05, 4.69) is 5.32 Å². The lowest BCUT2D eigenvalue weighted by Crippen LogP contribution is -2.34. The number of nitrogens with one attached hydrogen (secondary N) is 1. The van der Waals surface area contributed by atoms with Gasteiger partial charge < -0.3 is 11.1 Å². The van der Waals surface area contributed by atoms with Crippen molar-refractivity contribution >= 4 is 17.5 Å². The van der Waals surface area contributed by atoms with Crippen molar-refractivity contribution in [2.45, 2.75) is 25.8 Å². The fraction of sp³-hybridized carbons (Fsp3) is 0.417. The Hall–Kier alpha value is -1.13. The van der Waals surface area contributed by atoms with E-state index >= 15 is 0 Å². The molecule has 3 nitrogen and oxygen atoms in total. The van der Waals surface area contributed by atoms with E-state index in [1.807, 2.05) is 13.8 Å². The summed E-state index contributed by atoms with van der Waals surface area (Å²) in [5.41, 5.74) is 5.84. The predicted octanol–water partition coefficient (Wildman–Crippen LogP) is 2.05. The van der Waals surface area contributed by atoms with E-state index in [4.69, 9.17) is 17.3 Å². The van der Waals surface area contributed by atoms with E-state index in [9.17, 15) is 9.18 Å². The second-order valence-corrected chi connectivity index (χ2v) is 4.60. The Balaban J connectivity index is 2.89. The molecule has 17 heavy (non-hydrogen) atoms. The molecule has 0 bridgehead atoms. The molecule has 0 spiro atoms. The molecule has 0 heterocycles. The molecular formula is C12H16ClFN2O. The smallest absolute Gasteiger partial charge is 0.226 e. The molecule has 1 aromatic rings. The SMILES string of the molecule is CC(C)NCC(C(N)=O)c1ccc(Cl)c(F)c1. The Labute approximate surface area is 105 Å². The number of nitrogens with two attached hydrogens (primary N) is 1. The monoisotopic (exact) mass is 258 g/mol. The van der Waals surface area contributed by atoms with Crippen molar-refractivity contribution in [1.29, 1.82) is 0 Å². The van der Waals surface area contributed by atoms with Crippen molar-refractivity contribution in [3.05, 3.63) is 34.6 Å². The van der Waals surface area contributed by atoms with Crippen LogP contribution in [-0.4, -0.2) is 18.5 Å². The van der Waals surface area contributed by atoms with Crippen molar-refractivity contribution in [1.82, 2.24) is 5.32 Å². The molecule has 0 aromatic heterocycles. The highest BCUT2D eigenvalue weighted by Crippen LogP contribution is 2.21. The van der Waals surface area contributed by atoms with E-state index in [0.29, 0.717) is 12.1 Å². The highest BCUT2D eigenvalue weighted by Gasteiger charge is 2.19. The first-order valence-corrected chi connectivity index (χ1v) is 5.77. The van der Waals surface area contributed by atoms with E-state index in [1.165, 1.54) is 12.1 Å². The van der Waals surface area contributed by atoms with Crippen LogP contribution in [0.4, 0.5) is 4.39 Å². The number of hydrogen-bond donors (Lipinski definition) is 2. The van der Waals surface area contributed by atoms with Crippen LogP contribution in [0.1, 0.15) is 25.3 Å². The first-order chi connectivity index (χ1) is 7.91. The van der Waals surface area contributed by atoms with E-state index in [0.717, 1.165) is 0 Å². The molecule has 1 amide bonds. The number of carbonyl (C=O) groups is 1. The van der Waals surface area contributed by atoms with Crippen molar-refractivity contribution in [3.8, 4) is 0 Å². The standard InChI is InChI=1S/C12H16ClFN2O/c1-7(2)16-6-9(12(15)17)8-3-4-10(13)11(14)5-8/h3-5,7,9,16H,6H2,1-2H3,(H2,15,17). The second-order valence-electron chi connectivity index (χ2n) is 4.19. The zero-order chi connectivity index (χ0) is 13.0. The summed E-state index contributed by atoms with van der Waals surface area (Å²) in [6.45, 7) is 4.30. The van der Waals surface area contributed by atoms with Crippen LogP contribution in [0, 0.1) is 5.82 Å². The third-order valence-corrected chi connectivity index (χ3v) is 2.73. The molecule has 0 fully saturated rings. The maximum atomic E-state index is 13.3. The molecule has 0 saturated carbocycles. The average Bonchev–Trinajstić information content (AvgIpc) is 2.22. The Bertz CT molecular complexity index is 409. The molecule has 1 unspecified atom stereocenters. The average molecular weight is 259 g/mol. The van der Waals surface area contributed by atoms with Crippen LogP contribution in [0.25, 0.3) is 0 Å². The zero-order valence-electron chi connectivity index (χ0n) is 9.84. The number of hydrogen-bond acceptors (Lipinski definition) is 2. The lowest BCUT2D eigenvalue weighted by Gasteiger charge is -2.16. The normalized spacial score (nSPS) is 12.8. The predicted molar refractivity (Wildman–Crippen MR) is 66.5 cm³/mol. The Morgan fingerprint density at radius 2 is 2.18 bits per heavy atom. The summed E-state index contributed by atoms with van der Waals surface area (Å²) in [7, 11) is 0. The summed E-state index contributed by atoms with van der Waals surface area (Å²) in [5.74, 6) is -1.58. The summed E-state index contributed by atoms with van der Waals surface area (Å²) < 4.78 is 13.3. The molecule has 5 heteroatoms. The highest BCUT2D eigenvalue weighted by atomic mass is 35.5. The molecule has 94 valence electrons. The van der Waals surface area contributed by atoms with Crippen LogP contribution in [0.5, 0.6) is 0 Å². The van der Waals surface area contributed by atoms with E-state index < -0.39 is 17.6 Å². The first-order valence-electron chi connectivity index (χ1n) is 5.39. The van der Waals surface area contributed by atoms with Crippen molar-refractivity contribution < 1.29 is 9.18 Å². The number of carbonyl (C=O) groups excluding carboxylic acids is 1.